The van der Waals surface area contributed by atoms with Crippen molar-refractivity contribution in [2.45, 2.75) is 45.1 Å². The first-order chi connectivity index (χ1) is 8.80. The molecule has 1 atom stereocenters. The van der Waals surface area contributed by atoms with Gasteiger partial charge in [-0.15, -0.1) is 0 Å². The van der Waals surface area contributed by atoms with Crippen LogP contribution >= 0.6 is 0 Å². The Morgan fingerprint density at radius 1 is 1.47 bits per heavy atom. The highest BCUT2D eigenvalue weighted by Gasteiger charge is 2.35. The van der Waals surface area contributed by atoms with Gasteiger partial charge in [0, 0.05) is 17.7 Å². The number of aromatic amines is 1. The van der Waals surface area contributed by atoms with E-state index in [-0.39, 0.29) is 17.0 Å². The van der Waals surface area contributed by atoms with Crippen LogP contribution in [0.4, 0.5) is 0 Å². The summed E-state index contributed by atoms with van der Waals surface area (Å²) in [5.74, 6) is -1.26. The van der Waals surface area contributed by atoms with Gasteiger partial charge in [0.1, 0.15) is 11.7 Å². The van der Waals surface area contributed by atoms with Gasteiger partial charge < -0.3 is 10.0 Å². The van der Waals surface area contributed by atoms with E-state index in [4.69, 9.17) is 5.11 Å². The van der Waals surface area contributed by atoms with Gasteiger partial charge in [0.15, 0.2) is 0 Å². The molecule has 0 aliphatic carbocycles. The summed E-state index contributed by atoms with van der Waals surface area (Å²) in [7, 11) is 0. The van der Waals surface area contributed by atoms with Gasteiger partial charge in [0.25, 0.3) is 5.91 Å². The molecule has 1 aromatic heterocycles. The van der Waals surface area contributed by atoms with Gasteiger partial charge in [-0.05, 0) is 18.9 Å². The fourth-order valence-corrected chi connectivity index (χ4v) is 2.23. The summed E-state index contributed by atoms with van der Waals surface area (Å²) in [4.78, 5) is 24.8. The quantitative estimate of drug-likeness (QED) is 0.846. The number of nitrogens with zero attached hydrogens (tertiary/aromatic N) is 2. The van der Waals surface area contributed by atoms with Crippen LogP contribution in [-0.4, -0.2) is 44.7 Å². The van der Waals surface area contributed by atoms with Crippen molar-refractivity contribution in [3.8, 4) is 0 Å². The molecule has 1 amide bonds. The zero-order valence-corrected chi connectivity index (χ0v) is 11.4. The maximum Gasteiger partial charge on any atom is 0.326 e. The zero-order valence-electron chi connectivity index (χ0n) is 11.4. The molecular weight excluding hydrogens is 246 g/mol. The Morgan fingerprint density at radius 2 is 2.16 bits per heavy atom. The fourth-order valence-electron chi connectivity index (χ4n) is 2.23. The summed E-state index contributed by atoms with van der Waals surface area (Å²) < 4.78 is 0. The highest BCUT2D eigenvalue weighted by atomic mass is 16.4. The second kappa shape index (κ2) is 4.68. The Hall–Kier alpha value is -1.85. The number of amides is 1. The van der Waals surface area contributed by atoms with E-state index in [0.717, 1.165) is 12.1 Å². The standard InChI is InChI=1S/C13H19N3O3/c1-13(2,3)10-7-8(14-15-10)11(17)16-6-4-5-9(16)12(18)19/h7,9H,4-6H2,1-3H3,(H,14,15)(H,18,19). The van der Waals surface area contributed by atoms with E-state index < -0.39 is 12.0 Å². The predicted octanol–water partition coefficient (Wildman–Crippen LogP) is 1.40. The number of rotatable bonds is 2. The Morgan fingerprint density at radius 3 is 2.68 bits per heavy atom. The molecule has 1 fully saturated rings. The molecule has 19 heavy (non-hydrogen) atoms. The van der Waals surface area contributed by atoms with Gasteiger partial charge >= 0.3 is 5.97 Å². The third-order valence-corrected chi connectivity index (χ3v) is 3.40. The summed E-state index contributed by atoms with van der Waals surface area (Å²) >= 11 is 0. The molecule has 104 valence electrons. The average molecular weight is 265 g/mol. The first kappa shape index (κ1) is 13.6. The van der Waals surface area contributed by atoms with Crippen LogP contribution in [0.15, 0.2) is 6.07 Å². The van der Waals surface area contributed by atoms with Crippen molar-refractivity contribution >= 4 is 11.9 Å². The number of carbonyl (C=O) groups is 2. The number of carboxylic acid groups (broad SMARTS) is 1. The number of nitrogens with one attached hydrogen (secondary N) is 1. The molecule has 0 saturated carbocycles. The van der Waals surface area contributed by atoms with Gasteiger partial charge in [-0.1, -0.05) is 20.8 Å². The summed E-state index contributed by atoms with van der Waals surface area (Å²) in [6.07, 6.45) is 1.23. The maximum absolute atomic E-state index is 12.3. The van der Waals surface area contributed by atoms with E-state index in [0.29, 0.717) is 13.0 Å². The predicted molar refractivity (Wildman–Crippen MR) is 69.0 cm³/mol. The smallest absolute Gasteiger partial charge is 0.326 e. The van der Waals surface area contributed by atoms with Crippen LogP contribution in [0.25, 0.3) is 0 Å². The number of carbonyl (C=O) groups excluding carboxylic acids is 1. The Labute approximate surface area is 111 Å². The van der Waals surface area contributed by atoms with Gasteiger partial charge in [-0.2, -0.15) is 5.10 Å². The van der Waals surface area contributed by atoms with E-state index in [1.54, 1.807) is 6.07 Å². The van der Waals surface area contributed by atoms with Crippen LogP contribution in [0.3, 0.4) is 0 Å². The second-order valence-corrected chi connectivity index (χ2v) is 5.91. The van der Waals surface area contributed by atoms with Crippen molar-refractivity contribution in [3.63, 3.8) is 0 Å². The van der Waals surface area contributed by atoms with E-state index >= 15 is 0 Å². The molecule has 2 rings (SSSR count). The first-order valence-electron chi connectivity index (χ1n) is 6.40. The molecule has 0 spiro atoms. The number of aliphatic carboxylic acids is 1. The molecule has 1 aliphatic heterocycles. The normalized spacial score (nSPS) is 19.7. The summed E-state index contributed by atoms with van der Waals surface area (Å²) in [6, 6.07) is 0.988. The lowest BCUT2D eigenvalue weighted by atomic mass is 9.92. The molecule has 2 N–H and O–H groups in total. The van der Waals surface area contributed by atoms with Crippen LogP contribution in [0, 0.1) is 0 Å². The minimum absolute atomic E-state index is 0.122. The molecule has 6 nitrogen and oxygen atoms in total. The van der Waals surface area contributed by atoms with Crippen molar-refractivity contribution in [3.05, 3.63) is 17.5 Å². The molecule has 1 aromatic rings. The number of hydrogen-bond donors (Lipinski definition) is 2. The number of hydrogen-bond acceptors (Lipinski definition) is 3. The van der Waals surface area contributed by atoms with Crippen LogP contribution in [0.5, 0.6) is 0 Å². The summed E-state index contributed by atoms with van der Waals surface area (Å²) in [6.45, 7) is 6.54. The molecule has 1 unspecified atom stereocenters. The lowest BCUT2D eigenvalue weighted by Gasteiger charge is -2.20. The number of H-pyrrole nitrogens is 1. The van der Waals surface area contributed by atoms with Gasteiger partial charge in [0.2, 0.25) is 0 Å². The first-order valence-corrected chi connectivity index (χ1v) is 6.40. The molecule has 1 saturated heterocycles. The van der Waals surface area contributed by atoms with Crippen LogP contribution < -0.4 is 0 Å². The minimum atomic E-state index is -0.947. The lowest BCUT2D eigenvalue weighted by molar-refractivity contribution is -0.141. The fraction of sp³-hybridized carbons (Fsp3) is 0.615. The Bertz CT molecular complexity index is 501. The second-order valence-electron chi connectivity index (χ2n) is 5.91. The van der Waals surface area contributed by atoms with Gasteiger partial charge in [0.05, 0.1) is 0 Å². The molecular formula is C13H19N3O3. The average Bonchev–Trinajstić information content (AvgIpc) is 2.96. The van der Waals surface area contributed by atoms with Gasteiger partial charge in [-0.25, -0.2) is 4.79 Å². The van der Waals surface area contributed by atoms with Crippen LogP contribution in [0.1, 0.15) is 49.8 Å². The lowest BCUT2D eigenvalue weighted by Crippen LogP contribution is -2.40. The van der Waals surface area contributed by atoms with Crippen LogP contribution in [0.2, 0.25) is 0 Å². The third kappa shape index (κ3) is 2.62. The van der Waals surface area contributed by atoms with Crippen molar-refractivity contribution in [1.29, 1.82) is 0 Å². The highest BCUT2D eigenvalue weighted by molar-refractivity contribution is 5.95. The largest absolute Gasteiger partial charge is 0.480 e. The molecule has 6 heteroatoms. The monoisotopic (exact) mass is 265 g/mol. The third-order valence-electron chi connectivity index (χ3n) is 3.40. The zero-order chi connectivity index (χ0) is 14.2. The summed E-state index contributed by atoms with van der Waals surface area (Å²) in [5, 5.41) is 16.0. The molecule has 0 aromatic carbocycles. The number of likely N-dealkylation sites (tertiary alicyclic amines) is 1. The molecule has 2 heterocycles. The van der Waals surface area contributed by atoms with Crippen molar-refractivity contribution in [2.24, 2.45) is 0 Å². The number of aromatic nitrogens is 2. The van der Waals surface area contributed by atoms with E-state index in [1.165, 1.54) is 4.90 Å². The van der Waals surface area contributed by atoms with Crippen molar-refractivity contribution in [2.75, 3.05) is 6.54 Å². The number of carboxylic acids is 1. The Balaban J connectivity index is 2.20. The van der Waals surface area contributed by atoms with Crippen molar-refractivity contribution < 1.29 is 14.7 Å². The SMILES string of the molecule is CC(C)(C)c1cc(C(=O)N2CCCC2C(=O)O)n[nH]1. The highest BCUT2D eigenvalue weighted by Crippen LogP contribution is 2.23. The van der Waals surface area contributed by atoms with Crippen LogP contribution in [-0.2, 0) is 10.2 Å². The van der Waals surface area contributed by atoms with E-state index in [1.807, 2.05) is 20.8 Å². The maximum atomic E-state index is 12.3. The van der Waals surface area contributed by atoms with Gasteiger partial charge in [-0.3, -0.25) is 9.89 Å². The van der Waals surface area contributed by atoms with Crippen molar-refractivity contribution in [1.82, 2.24) is 15.1 Å². The van der Waals surface area contributed by atoms with E-state index in [2.05, 4.69) is 10.2 Å². The molecule has 0 radical (unpaired) electrons. The molecule has 1 aliphatic rings. The molecule has 0 bridgehead atoms. The summed E-state index contributed by atoms with van der Waals surface area (Å²) in [5.41, 5.74) is 1.03. The minimum Gasteiger partial charge on any atom is -0.480 e. The Kier molecular flexibility index (Phi) is 3.34. The van der Waals surface area contributed by atoms with E-state index in [9.17, 15) is 9.59 Å². The topological polar surface area (TPSA) is 86.3 Å².